The number of hydrogen-bond acceptors (Lipinski definition) is 3. The number of thioether (sulfide) groups is 1. The molecule has 1 rings (SSSR count). The molecule has 0 bridgehead atoms. The molecule has 0 aromatic carbocycles. The third-order valence-electron chi connectivity index (χ3n) is 2.21. The molecule has 13 heavy (non-hydrogen) atoms. The van der Waals surface area contributed by atoms with Gasteiger partial charge in [-0.15, -0.1) is 11.8 Å². The van der Waals surface area contributed by atoms with Crippen LogP contribution in [0.5, 0.6) is 0 Å². The van der Waals surface area contributed by atoms with Crippen LogP contribution in [0.4, 0.5) is 0 Å². The Morgan fingerprint density at radius 1 is 1.54 bits per heavy atom. The Balaban J connectivity index is 2.16. The first kappa shape index (κ1) is 10.9. The Morgan fingerprint density at radius 3 is 2.69 bits per heavy atom. The predicted octanol–water partition coefficient (Wildman–Crippen LogP) is 0.723. The van der Waals surface area contributed by atoms with Crippen molar-refractivity contribution in [1.82, 2.24) is 4.90 Å². The third-order valence-corrected chi connectivity index (χ3v) is 3.34. The van der Waals surface area contributed by atoms with Crippen LogP contribution >= 0.6 is 11.8 Å². The number of amides is 1. The molecule has 0 spiro atoms. The third kappa shape index (κ3) is 3.56. The maximum atomic E-state index is 11.5. The Bertz CT molecular complexity index is 169. The molecule has 1 unspecified atom stereocenters. The molecule has 1 aliphatic heterocycles. The molecule has 1 N–H and O–H groups in total. The summed E-state index contributed by atoms with van der Waals surface area (Å²) in [5, 5.41) is 8.94. The van der Waals surface area contributed by atoms with E-state index in [4.69, 9.17) is 5.11 Å². The molecule has 1 heterocycles. The van der Waals surface area contributed by atoms with Crippen molar-refractivity contribution >= 4 is 17.7 Å². The first-order valence-corrected chi connectivity index (χ1v) is 5.79. The second kappa shape index (κ2) is 5.50. The number of carbonyl (C=O) groups is 1. The summed E-state index contributed by atoms with van der Waals surface area (Å²) in [6.07, 6.45) is 2.29. The average Bonchev–Trinajstić information content (AvgIpc) is 2.66. The van der Waals surface area contributed by atoms with E-state index in [1.165, 1.54) is 11.8 Å². The van der Waals surface area contributed by atoms with Crippen LogP contribution in [0.2, 0.25) is 0 Å². The summed E-state index contributed by atoms with van der Waals surface area (Å²) in [5.74, 6) is 0.740. The SMILES string of the molecule is CC(CO)SCC(=O)N1CCCC1. The standard InChI is InChI=1S/C9H17NO2S/c1-8(6-11)13-7-9(12)10-4-2-3-5-10/h8,11H,2-7H2,1H3. The number of aliphatic hydroxyl groups excluding tert-OH is 1. The zero-order valence-electron chi connectivity index (χ0n) is 8.03. The van der Waals surface area contributed by atoms with Crippen molar-refractivity contribution in [2.75, 3.05) is 25.4 Å². The van der Waals surface area contributed by atoms with Crippen molar-refractivity contribution in [2.45, 2.75) is 25.0 Å². The molecule has 3 nitrogen and oxygen atoms in total. The van der Waals surface area contributed by atoms with Crippen LogP contribution in [0.15, 0.2) is 0 Å². The van der Waals surface area contributed by atoms with Gasteiger partial charge in [0, 0.05) is 18.3 Å². The Kier molecular flexibility index (Phi) is 4.59. The largest absolute Gasteiger partial charge is 0.395 e. The van der Waals surface area contributed by atoms with E-state index in [2.05, 4.69) is 0 Å². The fourth-order valence-corrected chi connectivity index (χ4v) is 2.04. The molecule has 0 radical (unpaired) electrons. The first-order valence-electron chi connectivity index (χ1n) is 4.74. The number of rotatable bonds is 4. The van der Waals surface area contributed by atoms with Crippen LogP contribution in [-0.4, -0.2) is 46.6 Å². The summed E-state index contributed by atoms with van der Waals surface area (Å²) in [5.41, 5.74) is 0. The van der Waals surface area contributed by atoms with Gasteiger partial charge in [-0.3, -0.25) is 4.79 Å². The summed E-state index contributed by atoms with van der Waals surface area (Å²) in [6, 6.07) is 0. The van der Waals surface area contributed by atoms with Gasteiger partial charge in [-0.2, -0.15) is 0 Å². The van der Waals surface area contributed by atoms with Gasteiger partial charge < -0.3 is 10.0 Å². The van der Waals surface area contributed by atoms with Gasteiger partial charge in [0.05, 0.1) is 12.4 Å². The topological polar surface area (TPSA) is 40.5 Å². The number of carbonyl (C=O) groups excluding carboxylic acids is 1. The van der Waals surface area contributed by atoms with Crippen molar-refractivity contribution in [1.29, 1.82) is 0 Å². The quantitative estimate of drug-likeness (QED) is 0.732. The van der Waals surface area contributed by atoms with Gasteiger partial charge in [-0.1, -0.05) is 6.92 Å². The summed E-state index contributed by atoms with van der Waals surface area (Å²) in [7, 11) is 0. The van der Waals surface area contributed by atoms with Gasteiger partial charge in [0.2, 0.25) is 5.91 Å². The second-order valence-corrected chi connectivity index (χ2v) is 4.82. The lowest BCUT2D eigenvalue weighted by Gasteiger charge is -2.15. The maximum Gasteiger partial charge on any atom is 0.232 e. The van der Waals surface area contributed by atoms with Crippen molar-refractivity contribution in [2.24, 2.45) is 0 Å². The van der Waals surface area contributed by atoms with Gasteiger partial charge in [0.1, 0.15) is 0 Å². The smallest absolute Gasteiger partial charge is 0.232 e. The normalized spacial score (nSPS) is 19.1. The molecule has 0 aliphatic carbocycles. The minimum Gasteiger partial charge on any atom is -0.395 e. The second-order valence-electron chi connectivity index (χ2n) is 3.39. The molecular weight excluding hydrogens is 186 g/mol. The van der Waals surface area contributed by atoms with Gasteiger partial charge in [0.15, 0.2) is 0 Å². The molecule has 0 aromatic heterocycles. The predicted molar refractivity (Wildman–Crippen MR) is 54.8 cm³/mol. The molecule has 1 aliphatic rings. The fraction of sp³-hybridized carbons (Fsp3) is 0.889. The molecule has 76 valence electrons. The van der Waals surface area contributed by atoms with E-state index in [1.807, 2.05) is 11.8 Å². The molecule has 1 fully saturated rings. The Labute approximate surface area is 83.5 Å². The monoisotopic (exact) mass is 203 g/mol. The maximum absolute atomic E-state index is 11.5. The molecular formula is C9H17NO2S. The van der Waals surface area contributed by atoms with Crippen LogP contribution in [0.25, 0.3) is 0 Å². The van der Waals surface area contributed by atoms with Crippen molar-refractivity contribution < 1.29 is 9.90 Å². The zero-order valence-corrected chi connectivity index (χ0v) is 8.85. The van der Waals surface area contributed by atoms with Crippen molar-refractivity contribution in [3.63, 3.8) is 0 Å². The zero-order chi connectivity index (χ0) is 9.68. The Hall–Kier alpha value is -0.220. The highest BCUT2D eigenvalue weighted by molar-refractivity contribution is 8.00. The van der Waals surface area contributed by atoms with Gasteiger partial charge in [-0.05, 0) is 12.8 Å². The van der Waals surface area contributed by atoms with E-state index >= 15 is 0 Å². The van der Waals surface area contributed by atoms with Crippen LogP contribution in [0, 0.1) is 0 Å². The van der Waals surface area contributed by atoms with Gasteiger partial charge >= 0.3 is 0 Å². The molecule has 4 heteroatoms. The molecule has 1 saturated heterocycles. The molecule has 1 atom stereocenters. The summed E-state index contributed by atoms with van der Waals surface area (Å²) in [4.78, 5) is 13.4. The van der Waals surface area contributed by atoms with E-state index in [9.17, 15) is 4.79 Å². The highest BCUT2D eigenvalue weighted by Gasteiger charge is 2.18. The van der Waals surface area contributed by atoms with Crippen LogP contribution in [0.3, 0.4) is 0 Å². The molecule has 1 amide bonds. The minimum atomic E-state index is 0.151. The number of likely N-dealkylation sites (tertiary alicyclic amines) is 1. The van der Waals surface area contributed by atoms with Crippen LogP contribution in [0.1, 0.15) is 19.8 Å². The fourth-order valence-electron chi connectivity index (χ4n) is 1.32. The molecule has 0 aromatic rings. The summed E-state index contributed by atoms with van der Waals surface area (Å²) >= 11 is 1.53. The van der Waals surface area contributed by atoms with E-state index in [0.29, 0.717) is 5.75 Å². The van der Waals surface area contributed by atoms with E-state index in [0.717, 1.165) is 25.9 Å². The van der Waals surface area contributed by atoms with E-state index in [-0.39, 0.29) is 17.8 Å². The minimum absolute atomic E-state index is 0.151. The number of hydrogen-bond donors (Lipinski definition) is 1. The number of aliphatic hydroxyl groups is 1. The lowest BCUT2D eigenvalue weighted by molar-refractivity contribution is -0.127. The van der Waals surface area contributed by atoms with Gasteiger partial charge in [-0.25, -0.2) is 0 Å². The Morgan fingerprint density at radius 2 is 2.15 bits per heavy atom. The van der Waals surface area contributed by atoms with E-state index in [1.54, 1.807) is 0 Å². The highest BCUT2D eigenvalue weighted by Crippen LogP contribution is 2.13. The van der Waals surface area contributed by atoms with Gasteiger partial charge in [0.25, 0.3) is 0 Å². The molecule has 0 saturated carbocycles. The lowest BCUT2D eigenvalue weighted by atomic mass is 10.4. The number of nitrogens with zero attached hydrogens (tertiary/aromatic N) is 1. The average molecular weight is 203 g/mol. The highest BCUT2D eigenvalue weighted by atomic mass is 32.2. The lowest BCUT2D eigenvalue weighted by Crippen LogP contribution is -2.29. The van der Waals surface area contributed by atoms with Crippen molar-refractivity contribution in [3.8, 4) is 0 Å². The summed E-state index contributed by atoms with van der Waals surface area (Å²) < 4.78 is 0. The summed E-state index contributed by atoms with van der Waals surface area (Å²) in [6.45, 7) is 3.93. The van der Waals surface area contributed by atoms with Crippen LogP contribution < -0.4 is 0 Å². The first-order chi connectivity index (χ1) is 6.24. The van der Waals surface area contributed by atoms with Crippen molar-refractivity contribution in [3.05, 3.63) is 0 Å². The van der Waals surface area contributed by atoms with Crippen LogP contribution in [-0.2, 0) is 4.79 Å². The van der Waals surface area contributed by atoms with E-state index < -0.39 is 0 Å².